The number of halogens is 2. The van der Waals surface area contributed by atoms with Gasteiger partial charge in [-0.1, -0.05) is 35.3 Å². The SMILES string of the molecule is O=C(CN1C(=O)CSc2ccccc21)Nc1cc(Cl)ccc1Cl. The van der Waals surface area contributed by atoms with Crippen LogP contribution in [0, 0.1) is 0 Å². The number of carbonyl (C=O) groups is 2. The number of carbonyl (C=O) groups excluding carboxylic acids is 2. The van der Waals surface area contributed by atoms with Gasteiger partial charge in [-0.15, -0.1) is 11.8 Å². The predicted octanol–water partition coefficient (Wildman–Crippen LogP) is 4.07. The molecule has 3 rings (SSSR count). The summed E-state index contributed by atoms with van der Waals surface area (Å²) in [5, 5.41) is 3.56. The first kappa shape index (κ1) is 16.2. The third kappa shape index (κ3) is 3.63. The van der Waals surface area contributed by atoms with Crippen molar-refractivity contribution in [1.29, 1.82) is 0 Å². The van der Waals surface area contributed by atoms with E-state index in [0.29, 0.717) is 21.5 Å². The molecule has 0 aromatic heterocycles. The summed E-state index contributed by atoms with van der Waals surface area (Å²) in [5.41, 5.74) is 1.18. The van der Waals surface area contributed by atoms with Crippen LogP contribution in [0.5, 0.6) is 0 Å². The Labute approximate surface area is 147 Å². The van der Waals surface area contributed by atoms with Gasteiger partial charge >= 0.3 is 0 Å². The van der Waals surface area contributed by atoms with Gasteiger partial charge in [0.05, 0.1) is 22.2 Å². The summed E-state index contributed by atoms with van der Waals surface area (Å²) in [4.78, 5) is 26.9. The highest BCUT2D eigenvalue weighted by Gasteiger charge is 2.26. The monoisotopic (exact) mass is 366 g/mol. The molecule has 1 aliphatic rings. The number of hydrogen-bond acceptors (Lipinski definition) is 3. The van der Waals surface area contributed by atoms with Gasteiger partial charge in [-0.05, 0) is 30.3 Å². The summed E-state index contributed by atoms with van der Waals surface area (Å²) in [6.45, 7) is -0.0702. The second-order valence-electron chi connectivity index (χ2n) is 4.91. The Morgan fingerprint density at radius 2 is 2.00 bits per heavy atom. The number of rotatable bonds is 3. The van der Waals surface area contributed by atoms with E-state index in [1.807, 2.05) is 24.3 Å². The molecule has 0 saturated heterocycles. The van der Waals surface area contributed by atoms with Crippen molar-refractivity contribution in [3.8, 4) is 0 Å². The molecular weight excluding hydrogens is 355 g/mol. The highest BCUT2D eigenvalue weighted by molar-refractivity contribution is 8.00. The molecule has 7 heteroatoms. The van der Waals surface area contributed by atoms with Gasteiger partial charge in [0.2, 0.25) is 11.8 Å². The van der Waals surface area contributed by atoms with Gasteiger partial charge in [0.25, 0.3) is 0 Å². The van der Waals surface area contributed by atoms with Crippen molar-refractivity contribution in [3.05, 3.63) is 52.5 Å². The van der Waals surface area contributed by atoms with Crippen LogP contribution >= 0.6 is 35.0 Å². The standard InChI is InChI=1S/C16H12Cl2N2O2S/c17-10-5-6-11(18)12(7-10)19-15(21)8-20-13-3-1-2-4-14(13)23-9-16(20)22/h1-7H,8-9H2,(H,19,21). The van der Waals surface area contributed by atoms with Crippen molar-refractivity contribution in [2.75, 3.05) is 22.5 Å². The van der Waals surface area contributed by atoms with Gasteiger partial charge in [-0.2, -0.15) is 0 Å². The Balaban J connectivity index is 1.78. The zero-order chi connectivity index (χ0) is 16.4. The first-order valence-electron chi connectivity index (χ1n) is 6.81. The summed E-state index contributed by atoms with van der Waals surface area (Å²) in [5.74, 6) is -0.104. The maximum atomic E-state index is 12.3. The molecule has 118 valence electrons. The molecule has 0 spiro atoms. The summed E-state index contributed by atoms with van der Waals surface area (Å²) >= 11 is 13.4. The van der Waals surface area contributed by atoms with Crippen LogP contribution < -0.4 is 10.2 Å². The molecule has 0 radical (unpaired) electrons. The number of para-hydroxylation sites is 1. The maximum absolute atomic E-state index is 12.3. The van der Waals surface area contributed by atoms with Crippen LogP contribution in [0.25, 0.3) is 0 Å². The van der Waals surface area contributed by atoms with E-state index in [2.05, 4.69) is 5.32 Å². The van der Waals surface area contributed by atoms with Gasteiger partial charge in [-0.25, -0.2) is 0 Å². The Morgan fingerprint density at radius 1 is 1.22 bits per heavy atom. The van der Waals surface area contributed by atoms with Crippen molar-refractivity contribution in [1.82, 2.24) is 0 Å². The van der Waals surface area contributed by atoms with E-state index in [1.54, 1.807) is 18.2 Å². The third-order valence-corrected chi connectivity index (χ3v) is 4.92. The van der Waals surface area contributed by atoms with Crippen LogP contribution in [-0.2, 0) is 9.59 Å². The molecular formula is C16H12Cl2N2O2S. The van der Waals surface area contributed by atoms with E-state index in [0.717, 1.165) is 10.6 Å². The van der Waals surface area contributed by atoms with E-state index >= 15 is 0 Å². The average Bonchev–Trinajstić information content (AvgIpc) is 2.54. The number of nitrogens with one attached hydrogen (secondary N) is 1. The van der Waals surface area contributed by atoms with Gasteiger partial charge in [-0.3, -0.25) is 9.59 Å². The molecule has 2 amide bonds. The second-order valence-corrected chi connectivity index (χ2v) is 6.77. The first-order valence-corrected chi connectivity index (χ1v) is 8.56. The van der Waals surface area contributed by atoms with Crippen molar-refractivity contribution < 1.29 is 9.59 Å². The van der Waals surface area contributed by atoms with Gasteiger partial charge in [0.15, 0.2) is 0 Å². The fourth-order valence-electron chi connectivity index (χ4n) is 2.25. The quantitative estimate of drug-likeness (QED) is 0.890. The van der Waals surface area contributed by atoms with Crippen LogP contribution in [0.1, 0.15) is 0 Å². The maximum Gasteiger partial charge on any atom is 0.244 e. The highest BCUT2D eigenvalue weighted by atomic mass is 35.5. The fourth-order valence-corrected chi connectivity index (χ4v) is 3.53. The number of fused-ring (bicyclic) bond motifs is 1. The lowest BCUT2D eigenvalue weighted by atomic mass is 10.2. The third-order valence-electron chi connectivity index (χ3n) is 3.31. The van der Waals surface area contributed by atoms with Gasteiger partial charge in [0, 0.05) is 9.92 Å². The minimum absolute atomic E-state index is 0.0702. The summed E-state index contributed by atoms with van der Waals surface area (Å²) in [7, 11) is 0. The van der Waals surface area contributed by atoms with Crippen LogP contribution in [0.15, 0.2) is 47.4 Å². The molecule has 0 saturated carbocycles. The largest absolute Gasteiger partial charge is 0.323 e. The van der Waals surface area contributed by atoms with Crippen LogP contribution in [0.3, 0.4) is 0 Å². The topological polar surface area (TPSA) is 49.4 Å². The highest BCUT2D eigenvalue weighted by Crippen LogP contribution is 2.34. The minimum atomic E-state index is -0.329. The van der Waals surface area contributed by atoms with Crippen LogP contribution in [0.2, 0.25) is 10.0 Å². The van der Waals surface area contributed by atoms with Crippen LogP contribution in [0.4, 0.5) is 11.4 Å². The zero-order valence-electron chi connectivity index (χ0n) is 11.9. The average molecular weight is 367 g/mol. The number of thioether (sulfide) groups is 1. The Kier molecular flexibility index (Phi) is 4.80. The lowest BCUT2D eigenvalue weighted by Crippen LogP contribution is -2.41. The van der Waals surface area contributed by atoms with Crippen molar-refractivity contribution in [3.63, 3.8) is 0 Å². The minimum Gasteiger partial charge on any atom is -0.323 e. The molecule has 1 aliphatic heterocycles. The molecule has 2 aromatic carbocycles. The number of amides is 2. The number of benzene rings is 2. The fraction of sp³-hybridized carbons (Fsp3) is 0.125. The van der Waals surface area contributed by atoms with E-state index in [9.17, 15) is 9.59 Å². The van der Waals surface area contributed by atoms with Crippen molar-refractivity contribution in [2.24, 2.45) is 0 Å². The van der Waals surface area contributed by atoms with Gasteiger partial charge < -0.3 is 10.2 Å². The molecule has 0 aliphatic carbocycles. The molecule has 2 aromatic rings. The molecule has 0 unspecified atom stereocenters. The lowest BCUT2D eigenvalue weighted by Gasteiger charge is -2.28. The molecule has 0 bridgehead atoms. The summed E-state index contributed by atoms with van der Waals surface area (Å²) in [6.07, 6.45) is 0. The predicted molar refractivity (Wildman–Crippen MR) is 94.6 cm³/mol. The smallest absolute Gasteiger partial charge is 0.244 e. The van der Waals surface area contributed by atoms with E-state index in [4.69, 9.17) is 23.2 Å². The Morgan fingerprint density at radius 3 is 2.83 bits per heavy atom. The number of hydrogen-bond donors (Lipinski definition) is 1. The molecule has 23 heavy (non-hydrogen) atoms. The van der Waals surface area contributed by atoms with Crippen molar-refractivity contribution >= 4 is 58.2 Å². The number of nitrogens with zero attached hydrogens (tertiary/aromatic N) is 1. The normalized spacial score (nSPS) is 13.7. The van der Waals surface area contributed by atoms with E-state index in [-0.39, 0.29) is 18.4 Å². The second kappa shape index (κ2) is 6.83. The number of anilines is 2. The van der Waals surface area contributed by atoms with Gasteiger partial charge in [0.1, 0.15) is 6.54 Å². The summed E-state index contributed by atoms with van der Waals surface area (Å²) < 4.78 is 0. The Bertz CT molecular complexity index is 782. The first-order chi connectivity index (χ1) is 11.0. The lowest BCUT2D eigenvalue weighted by molar-refractivity contribution is -0.120. The molecule has 1 N–H and O–H groups in total. The van der Waals surface area contributed by atoms with Crippen LogP contribution in [-0.4, -0.2) is 24.1 Å². The summed E-state index contributed by atoms with van der Waals surface area (Å²) in [6, 6.07) is 12.3. The zero-order valence-corrected chi connectivity index (χ0v) is 14.2. The molecule has 0 atom stereocenters. The molecule has 0 fully saturated rings. The Hall–Kier alpha value is -1.69. The van der Waals surface area contributed by atoms with E-state index in [1.165, 1.54) is 16.7 Å². The van der Waals surface area contributed by atoms with Crippen molar-refractivity contribution in [2.45, 2.75) is 4.90 Å². The molecule has 1 heterocycles. The molecule has 4 nitrogen and oxygen atoms in total. The van der Waals surface area contributed by atoms with E-state index < -0.39 is 0 Å².